The molecule has 26 heavy (non-hydrogen) atoms. The third-order valence-electron chi connectivity index (χ3n) is 3.28. The number of benzene rings is 1. The molecule has 0 aliphatic rings. The van der Waals surface area contributed by atoms with Crippen molar-refractivity contribution >= 4 is 17.2 Å². The molecule has 0 spiro atoms. The summed E-state index contributed by atoms with van der Waals surface area (Å²) in [4.78, 5) is 16.3. The van der Waals surface area contributed by atoms with Gasteiger partial charge in [-0.2, -0.15) is 0 Å². The topological polar surface area (TPSA) is 64.9 Å². The van der Waals surface area contributed by atoms with Gasteiger partial charge in [0.1, 0.15) is 5.75 Å². The van der Waals surface area contributed by atoms with E-state index in [1.165, 1.54) is 12.1 Å². The maximum atomic E-state index is 12.2. The molecular weight excluding hydrogens is 351 g/mol. The monoisotopic (exact) mass is 365 g/mol. The molecule has 1 amide bonds. The second kappa shape index (κ2) is 6.95. The van der Waals surface area contributed by atoms with Crippen LogP contribution in [0.3, 0.4) is 0 Å². The molecule has 0 atom stereocenters. The van der Waals surface area contributed by atoms with Gasteiger partial charge in [-0.25, -0.2) is 4.98 Å². The number of aryl methyl sites for hydroxylation is 1. The average molecular weight is 365 g/mol. The molecule has 136 valence electrons. The van der Waals surface area contributed by atoms with Gasteiger partial charge < -0.3 is 19.2 Å². The molecule has 0 saturated heterocycles. The lowest BCUT2D eigenvalue weighted by Gasteiger charge is -2.11. The van der Waals surface area contributed by atoms with Crippen LogP contribution in [0.1, 0.15) is 5.69 Å². The Balaban J connectivity index is 1.63. The lowest BCUT2D eigenvalue weighted by Crippen LogP contribution is -2.21. The SMILES string of the molecule is Cc1cn2cccc(OCC(=O)Nc3cccc(OC(F)(F)F)c3)c2n1. The molecule has 0 unspecified atom stereocenters. The molecule has 0 bridgehead atoms. The Bertz CT molecular complexity index is 938. The summed E-state index contributed by atoms with van der Waals surface area (Å²) in [6.45, 7) is 1.51. The van der Waals surface area contributed by atoms with Crippen LogP contribution < -0.4 is 14.8 Å². The number of imidazole rings is 1. The van der Waals surface area contributed by atoms with Crippen molar-refractivity contribution < 1.29 is 27.4 Å². The minimum Gasteiger partial charge on any atom is -0.480 e. The molecule has 2 aromatic heterocycles. The van der Waals surface area contributed by atoms with Gasteiger partial charge in [0.15, 0.2) is 18.0 Å². The van der Waals surface area contributed by atoms with Crippen molar-refractivity contribution in [3.05, 3.63) is 54.5 Å². The number of carbonyl (C=O) groups is 1. The van der Waals surface area contributed by atoms with E-state index < -0.39 is 18.0 Å². The highest BCUT2D eigenvalue weighted by Crippen LogP contribution is 2.25. The van der Waals surface area contributed by atoms with E-state index in [0.717, 1.165) is 17.8 Å². The highest BCUT2D eigenvalue weighted by atomic mass is 19.4. The molecule has 6 nitrogen and oxygen atoms in total. The molecule has 0 radical (unpaired) electrons. The standard InChI is InChI=1S/C17H14F3N3O3/c1-11-9-23-7-3-6-14(16(23)21-11)25-10-15(24)22-12-4-2-5-13(8-12)26-17(18,19)20/h2-9H,10H2,1H3,(H,22,24). The fraction of sp³-hybridized carbons (Fsp3) is 0.176. The van der Waals surface area contributed by atoms with E-state index in [1.807, 2.05) is 13.1 Å². The highest BCUT2D eigenvalue weighted by molar-refractivity contribution is 5.92. The molecule has 1 N–H and O–H groups in total. The van der Waals surface area contributed by atoms with Crippen LogP contribution in [-0.2, 0) is 4.79 Å². The largest absolute Gasteiger partial charge is 0.573 e. The zero-order chi connectivity index (χ0) is 18.7. The number of amides is 1. The second-order valence-corrected chi connectivity index (χ2v) is 5.40. The summed E-state index contributed by atoms with van der Waals surface area (Å²) < 4.78 is 47.8. The smallest absolute Gasteiger partial charge is 0.480 e. The van der Waals surface area contributed by atoms with Gasteiger partial charge in [0.25, 0.3) is 5.91 Å². The number of pyridine rings is 1. The van der Waals surface area contributed by atoms with Crippen LogP contribution in [0.2, 0.25) is 0 Å². The lowest BCUT2D eigenvalue weighted by molar-refractivity contribution is -0.274. The predicted octanol–water partition coefficient (Wildman–Crippen LogP) is 3.56. The van der Waals surface area contributed by atoms with Crippen molar-refractivity contribution in [2.45, 2.75) is 13.3 Å². The van der Waals surface area contributed by atoms with Gasteiger partial charge in [0.05, 0.1) is 5.69 Å². The van der Waals surface area contributed by atoms with Crippen molar-refractivity contribution in [2.24, 2.45) is 0 Å². The Kier molecular flexibility index (Phi) is 4.70. The third-order valence-corrected chi connectivity index (χ3v) is 3.28. The quantitative estimate of drug-likeness (QED) is 0.751. The van der Waals surface area contributed by atoms with E-state index in [1.54, 1.807) is 22.7 Å². The van der Waals surface area contributed by atoms with Gasteiger partial charge >= 0.3 is 6.36 Å². The first-order chi connectivity index (χ1) is 12.3. The van der Waals surface area contributed by atoms with Gasteiger partial charge in [0.2, 0.25) is 0 Å². The second-order valence-electron chi connectivity index (χ2n) is 5.40. The third kappa shape index (κ3) is 4.44. The minimum absolute atomic E-state index is 0.162. The van der Waals surface area contributed by atoms with Crippen LogP contribution in [0.4, 0.5) is 18.9 Å². The van der Waals surface area contributed by atoms with E-state index in [-0.39, 0.29) is 12.3 Å². The number of ether oxygens (including phenoxy) is 2. The Morgan fingerprint density at radius 1 is 1.27 bits per heavy atom. The van der Waals surface area contributed by atoms with E-state index in [9.17, 15) is 18.0 Å². The normalized spacial score (nSPS) is 11.4. The Morgan fingerprint density at radius 3 is 2.85 bits per heavy atom. The molecule has 3 rings (SSSR count). The number of halogens is 3. The highest BCUT2D eigenvalue weighted by Gasteiger charge is 2.31. The number of alkyl halides is 3. The summed E-state index contributed by atoms with van der Waals surface area (Å²) in [5.41, 5.74) is 1.53. The molecule has 0 saturated carbocycles. The number of fused-ring (bicyclic) bond motifs is 1. The molecule has 2 heterocycles. The van der Waals surface area contributed by atoms with Gasteiger partial charge in [0, 0.05) is 24.1 Å². The molecule has 3 aromatic rings. The minimum atomic E-state index is -4.80. The van der Waals surface area contributed by atoms with Gasteiger partial charge in [-0.1, -0.05) is 6.07 Å². The number of nitrogens with zero attached hydrogens (tertiary/aromatic N) is 2. The summed E-state index contributed by atoms with van der Waals surface area (Å²) in [6.07, 6.45) is -1.18. The zero-order valence-electron chi connectivity index (χ0n) is 13.6. The number of carbonyl (C=O) groups excluding carboxylic acids is 1. The van der Waals surface area contributed by atoms with Crippen LogP contribution in [0.15, 0.2) is 48.8 Å². The van der Waals surface area contributed by atoms with Crippen LogP contribution in [-0.4, -0.2) is 28.3 Å². The summed E-state index contributed by atoms with van der Waals surface area (Å²) in [7, 11) is 0. The van der Waals surface area contributed by atoms with Crippen molar-refractivity contribution in [1.29, 1.82) is 0 Å². The first kappa shape index (κ1) is 17.6. The fourth-order valence-electron chi connectivity index (χ4n) is 2.33. The Labute approximate surface area is 146 Å². The van der Waals surface area contributed by atoms with Crippen LogP contribution in [0, 0.1) is 6.92 Å². The van der Waals surface area contributed by atoms with Crippen LogP contribution >= 0.6 is 0 Å². The molecule has 0 aliphatic carbocycles. The number of aromatic nitrogens is 2. The van der Waals surface area contributed by atoms with Crippen molar-refractivity contribution in [1.82, 2.24) is 9.38 Å². The maximum Gasteiger partial charge on any atom is 0.573 e. The Hall–Kier alpha value is -3.23. The van der Waals surface area contributed by atoms with E-state index in [4.69, 9.17) is 4.74 Å². The van der Waals surface area contributed by atoms with Crippen molar-refractivity contribution in [3.63, 3.8) is 0 Å². The molecule has 1 aromatic carbocycles. The maximum absolute atomic E-state index is 12.2. The predicted molar refractivity (Wildman–Crippen MR) is 87.2 cm³/mol. The Morgan fingerprint density at radius 2 is 2.08 bits per heavy atom. The fourth-order valence-corrected chi connectivity index (χ4v) is 2.33. The summed E-state index contributed by atoms with van der Waals surface area (Å²) in [5, 5.41) is 2.45. The molecular formula is C17H14F3N3O3. The van der Waals surface area contributed by atoms with Crippen LogP contribution in [0.5, 0.6) is 11.5 Å². The van der Waals surface area contributed by atoms with E-state index in [0.29, 0.717) is 11.4 Å². The van der Waals surface area contributed by atoms with Gasteiger partial charge in [-0.3, -0.25) is 4.79 Å². The van der Waals surface area contributed by atoms with Crippen molar-refractivity contribution in [2.75, 3.05) is 11.9 Å². The average Bonchev–Trinajstić information content (AvgIpc) is 2.92. The first-order valence-corrected chi connectivity index (χ1v) is 7.53. The number of nitrogens with one attached hydrogen (secondary N) is 1. The van der Waals surface area contributed by atoms with E-state index >= 15 is 0 Å². The van der Waals surface area contributed by atoms with Gasteiger partial charge in [-0.05, 0) is 31.2 Å². The molecule has 9 heteroatoms. The van der Waals surface area contributed by atoms with Gasteiger partial charge in [-0.15, -0.1) is 13.2 Å². The van der Waals surface area contributed by atoms with E-state index in [2.05, 4.69) is 15.0 Å². The lowest BCUT2D eigenvalue weighted by atomic mass is 10.3. The number of rotatable bonds is 5. The molecule has 0 fully saturated rings. The molecule has 0 aliphatic heterocycles. The van der Waals surface area contributed by atoms with Crippen LogP contribution in [0.25, 0.3) is 5.65 Å². The zero-order valence-corrected chi connectivity index (χ0v) is 13.6. The number of hydrogen-bond donors (Lipinski definition) is 1. The number of anilines is 1. The summed E-state index contributed by atoms with van der Waals surface area (Å²) in [6, 6.07) is 8.42. The summed E-state index contributed by atoms with van der Waals surface area (Å²) in [5.74, 6) is -0.529. The van der Waals surface area contributed by atoms with Crippen molar-refractivity contribution in [3.8, 4) is 11.5 Å². The first-order valence-electron chi connectivity index (χ1n) is 7.53. The number of hydrogen-bond acceptors (Lipinski definition) is 4. The summed E-state index contributed by atoms with van der Waals surface area (Å²) >= 11 is 0.